The van der Waals surface area contributed by atoms with Crippen molar-refractivity contribution in [3.8, 4) is 11.6 Å². The number of nitrogens with one attached hydrogen (secondary N) is 1. The molecule has 1 N–H and O–H groups in total. The van der Waals surface area contributed by atoms with Gasteiger partial charge in [0.15, 0.2) is 0 Å². The summed E-state index contributed by atoms with van der Waals surface area (Å²) in [6, 6.07) is 10.0. The Kier molecular flexibility index (Phi) is 4.71. The van der Waals surface area contributed by atoms with Crippen LogP contribution in [0.1, 0.15) is 15.9 Å². The highest BCUT2D eigenvalue weighted by Gasteiger charge is 2.12. The van der Waals surface area contributed by atoms with E-state index >= 15 is 0 Å². The summed E-state index contributed by atoms with van der Waals surface area (Å²) in [5, 5.41) is 17.2. The van der Waals surface area contributed by atoms with E-state index in [-0.39, 0.29) is 17.5 Å². The van der Waals surface area contributed by atoms with Crippen LogP contribution in [0.2, 0.25) is 0 Å². The molecule has 0 unspecified atom stereocenters. The van der Waals surface area contributed by atoms with Crippen LogP contribution in [0, 0.1) is 17.0 Å². The number of carbonyl (C=O) groups excluding carboxylic acids is 1. The molecule has 0 aliphatic heterocycles. The zero-order chi connectivity index (χ0) is 17.8. The molecule has 8 heteroatoms. The summed E-state index contributed by atoms with van der Waals surface area (Å²) in [6.07, 6.45) is 1.17. The molecule has 0 aliphatic carbocycles. The normalized spacial score (nSPS) is 10.3. The van der Waals surface area contributed by atoms with E-state index in [1.54, 1.807) is 42.6 Å². The van der Waals surface area contributed by atoms with Crippen molar-refractivity contribution in [2.24, 2.45) is 0 Å². The van der Waals surface area contributed by atoms with Crippen molar-refractivity contribution in [3.05, 3.63) is 74.6 Å². The van der Waals surface area contributed by atoms with Gasteiger partial charge in [0, 0.05) is 22.7 Å². The number of benzene rings is 1. The Bertz CT molecular complexity index is 908. The van der Waals surface area contributed by atoms with Crippen LogP contribution >= 0.6 is 11.3 Å². The minimum absolute atomic E-state index is 0.0566. The quantitative estimate of drug-likeness (QED) is 0.540. The predicted molar refractivity (Wildman–Crippen MR) is 94.4 cm³/mol. The van der Waals surface area contributed by atoms with E-state index in [2.05, 4.69) is 10.3 Å². The van der Waals surface area contributed by atoms with Gasteiger partial charge in [-0.3, -0.25) is 14.9 Å². The van der Waals surface area contributed by atoms with Gasteiger partial charge in [-0.1, -0.05) is 0 Å². The smallest absolute Gasteiger partial charge is 0.290 e. The van der Waals surface area contributed by atoms with Crippen molar-refractivity contribution in [1.29, 1.82) is 0 Å². The summed E-state index contributed by atoms with van der Waals surface area (Å²) in [7, 11) is 0. The molecule has 0 saturated heterocycles. The van der Waals surface area contributed by atoms with Gasteiger partial charge < -0.3 is 10.1 Å². The maximum atomic E-state index is 12.0. The van der Waals surface area contributed by atoms with Gasteiger partial charge in [0.2, 0.25) is 5.88 Å². The number of thiophene rings is 1. The Morgan fingerprint density at radius 2 is 2.04 bits per heavy atom. The number of aryl methyl sites for hydroxylation is 1. The highest BCUT2D eigenvalue weighted by molar-refractivity contribution is 7.08. The molecule has 0 atom stereocenters. The van der Waals surface area contributed by atoms with Gasteiger partial charge in [-0.25, -0.2) is 4.98 Å². The zero-order valence-electron chi connectivity index (χ0n) is 13.1. The average molecular weight is 355 g/mol. The van der Waals surface area contributed by atoms with Crippen molar-refractivity contribution in [2.75, 3.05) is 5.32 Å². The minimum atomic E-state index is -0.489. The molecule has 1 aromatic carbocycles. The molecule has 0 saturated carbocycles. The van der Waals surface area contributed by atoms with E-state index in [1.807, 2.05) is 5.38 Å². The van der Waals surface area contributed by atoms with Crippen molar-refractivity contribution in [2.45, 2.75) is 6.92 Å². The lowest BCUT2D eigenvalue weighted by Gasteiger charge is -2.07. The maximum Gasteiger partial charge on any atom is 0.290 e. The first kappa shape index (κ1) is 16.6. The van der Waals surface area contributed by atoms with Crippen LogP contribution in [0.15, 0.2) is 53.4 Å². The molecule has 7 nitrogen and oxygen atoms in total. The second kappa shape index (κ2) is 7.10. The predicted octanol–water partition coefficient (Wildman–Crippen LogP) is 4.40. The maximum absolute atomic E-state index is 12.0. The van der Waals surface area contributed by atoms with Crippen LogP contribution in [-0.2, 0) is 0 Å². The average Bonchev–Trinajstić information content (AvgIpc) is 3.11. The number of nitro groups is 1. The third-order valence-corrected chi connectivity index (χ3v) is 4.06. The molecule has 3 aromatic rings. The summed E-state index contributed by atoms with van der Waals surface area (Å²) in [4.78, 5) is 26.2. The first-order valence-electron chi connectivity index (χ1n) is 7.25. The van der Waals surface area contributed by atoms with Crippen molar-refractivity contribution in [3.63, 3.8) is 0 Å². The Morgan fingerprint density at radius 3 is 2.64 bits per heavy atom. The van der Waals surface area contributed by atoms with E-state index in [9.17, 15) is 14.9 Å². The Labute approximate surface area is 147 Å². The summed E-state index contributed by atoms with van der Waals surface area (Å²) >= 11 is 1.46. The molecule has 0 fully saturated rings. The topological polar surface area (TPSA) is 94.4 Å². The molecule has 0 aliphatic rings. The Balaban J connectivity index is 1.67. The van der Waals surface area contributed by atoms with Gasteiger partial charge in [0.25, 0.3) is 11.6 Å². The summed E-state index contributed by atoms with van der Waals surface area (Å²) in [5.74, 6) is 0.593. The standard InChI is InChI=1S/C17H13N3O4S/c1-11-8-16(18-9-15(11)20(22)23)24-14-4-2-13(3-5-14)19-17(21)12-6-7-25-10-12/h2-10H,1H3,(H,19,21). The fourth-order valence-corrected chi connectivity index (χ4v) is 2.73. The lowest BCUT2D eigenvalue weighted by molar-refractivity contribution is -0.385. The van der Waals surface area contributed by atoms with Gasteiger partial charge in [0.05, 0.1) is 10.5 Å². The molecular formula is C17H13N3O4S. The largest absolute Gasteiger partial charge is 0.439 e. The molecule has 0 radical (unpaired) electrons. The van der Waals surface area contributed by atoms with Gasteiger partial charge in [0.1, 0.15) is 11.9 Å². The number of rotatable bonds is 5. The van der Waals surface area contributed by atoms with Crippen LogP contribution in [0.25, 0.3) is 0 Å². The summed E-state index contributed by atoms with van der Waals surface area (Å²) < 4.78 is 5.58. The lowest BCUT2D eigenvalue weighted by atomic mass is 10.2. The van der Waals surface area contributed by atoms with Crippen LogP contribution in [0.3, 0.4) is 0 Å². The molecule has 126 valence electrons. The molecule has 2 aromatic heterocycles. The van der Waals surface area contributed by atoms with Gasteiger partial charge in [-0.2, -0.15) is 11.3 Å². The molecule has 2 heterocycles. The van der Waals surface area contributed by atoms with Gasteiger partial charge >= 0.3 is 0 Å². The van der Waals surface area contributed by atoms with Crippen molar-refractivity contribution >= 4 is 28.6 Å². The van der Waals surface area contributed by atoms with E-state index in [0.29, 0.717) is 22.6 Å². The fourth-order valence-electron chi connectivity index (χ4n) is 2.09. The monoisotopic (exact) mass is 355 g/mol. The summed E-state index contributed by atoms with van der Waals surface area (Å²) in [5.41, 5.74) is 1.65. The molecular weight excluding hydrogens is 342 g/mol. The van der Waals surface area contributed by atoms with Crippen LogP contribution < -0.4 is 10.1 Å². The molecule has 25 heavy (non-hydrogen) atoms. The van der Waals surface area contributed by atoms with E-state index in [0.717, 1.165) is 0 Å². The second-order valence-corrected chi connectivity index (χ2v) is 5.94. The fraction of sp³-hybridized carbons (Fsp3) is 0.0588. The Morgan fingerprint density at radius 1 is 1.28 bits per heavy atom. The van der Waals surface area contributed by atoms with Gasteiger partial charge in [-0.05, 0) is 42.6 Å². The van der Waals surface area contributed by atoms with Crippen molar-refractivity contribution < 1.29 is 14.5 Å². The minimum Gasteiger partial charge on any atom is -0.439 e. The zero-order valence-corrected chi connectivity index (χ0v) is 13.9. The van der Waals surface area contributed by atoms with Crippen LogP contribution in [0.5, 0.6) is 11.6 Å². The number of carbonyl (C=O) groups is 1. The number of hydrogen-bond donors (Lipinski definition) is 1. The molecule has 0 spiro atoms. The second-order valence-electron chi connectivity index (χ2n) is 5.16. The van der Waals surface area contributed by atoms with E-state index < -0.39 is 4.92 Å². The van der Waals surface area contributed by atoms with Crippen molar-refractivity contribution in [1.82, 2.24) is 4.98 Å². The first-order valence-corrected chi connectivity index (χ1v) is 8.20. The lowest BCUT2D eigenvalue weighted by Crippen LogP contribution is -2.10. The highest BCUT2D eigenvalue weighted by Crippen LogP contribution is 2.25. The molecule has 0 bridgehead atoms. The van der Waals surface area contributed by atoms with Gasteiger partial charge in [-0.15, -0.1) is 0 Å². The third-order valence-electron chi connectivity index (χ3n) is 3.37. The number of hydrogen-bond acceptors (Lipinski definition) is 6. The van der Waals surface area contributed by atoms with E-state index in [1.165, 1.54) is 23.6 Å². The number of ether oxygens (including phenoxy) is 1. The number of nitrogens with zero attached hydrogens (tertiary/aromatic N) is 2. The molecule has 3 rings (SSSR count). The first-order chi connectivity index (χ1) is 12.0. The number of aromatic nitrogens is 1. The third kappa shape index (κ3) is 3.99. The SMILES string of the molecule is Cc1cc(Oc2ccc(NC(=O)c3ccsc3)cc2)ncc1[N+](=O)[O-]. The summed E-state index contributed by atoms with van der Waals surface area (Å²) in [6.45, 7) is 1.62. The number of anilines is 1. The number of amides is 1. The van der Waals surface area contributed by atoms with E-state index in [4.69, 9.17) is 4.74 Å². The Hall–Kier alpha value is -3.26. The van der Waals surface area contributed by atoms with Crippen LogP contribution in [-0.4, -0.2) is 15.8 Å². The number of pyridine rings is 1. The van der Waals surface area contributed by atoms with Crippen LogP contribution in [0.4, 0.5) is 11.4 Å². The molecule has 1 amide bonds. The highest BCUT2D eigenvalue weighted by atomic mass is 32.1.